The quantitative estimate of drug-likeness (QED) is 0.734. The van der Waals surface area contributed by atoms with Crippen LogP contribution in [0.1, 0.15) is 32.1 Å². The first-order valence-corrected chi connectivity index (χ1v) is 6.20. The predicted octanol–water partition coefficient (Wildman–Crippen LogP) is 2.10. The molecule has 1 fully saturated rings. The molecule has 1 aromatic rings. The summed E-state index contributed by atoms with van der Waals surface area (Å²) >= 11 is 0. The van der Waals surface area contributed by atoms with E-state index in [1.54, 1.807) is 0 Å². The highest BCUT2D eigenvalue weighted by atomic mass is 19.1. The van der Waals surface area contributed by atoms with Gasteiger partial charge in [0.2, 0.25) is 5.91 Å². The van der Waals surface area contributed by atoms with Crippen LogP contribution in [0.3, 0.4) is 0 Å². The lowest BCUT2D eigenvalue weighted by Crippen LogP contribution is -2.37. The largest absolute Gasteiger partial charge is 0.389 e. The van der Waals surface area contributed by atoms with Crippen LogP contribution >= 0.6 is 0 Å². The minimum Gasteiger partial charge on any atom is -0.389 e. The van der Waals surface area contributed by atoms with Crippen molar-refractivity contribution in [3.63, 3.8) is 0 Å². The van der Waals surface area contributed by atoms with E-state index in [-0.39, 0.29) is 12.1 Å². The van der Waals surface area contributed by atoms with Gasteiger partial charge >= 0.3 is 0 Å². The highest BCUT2D eigenvalue weighted by Gasteiger charge is 2.33. The lowest BCUT2D eigenvalue weighted by molar-refractivity contribution is -0.125. The van der Waals surface area contributed by atoms with Gasteiger partial charge in [-0.1, -0.05) is 12.8 Å². The highest BCUT2D eigenvalue weighted by molar-refractivity contribution is 5.78. The fourth-order valence-electron chi connectivity index (χ4n) is 2.32. The third-order valence-electron chi connectivity index (χ3n) is 3.23. The monoisotopic (exact) mass is 270 g/mol. The van der Waals surface area contributed by atoms with Crippen molar-refractivity contribution in [3.05, 3.63) is 29.8 Å². The molecule has 0 bridgehead atoms. The summed E-state index contributed by atoms with van der Waals surface area (Å²) in [7, 11) is 0. The number of halogens is 2. The zero-order chi connectivity index (χ0) is 13.9. The Morgan fingerprint density at radius 2 is 1.79 bits per heavy atom. The number of hydrogen-bond acceptors (Lipinski definition) is 3. The molecule has 1 amide bonds. The molecule has 0 radical (unpaired) electrons. The standard InChI is InChI=1S/C13H16F2N2O2/c14-9-5-10(15)7-11(6-9)16-17-12(18)8-13(19)3-1-2-4-13/h5-7,16,19H,1-4,8H2,(H,17,18). The summed E-state index contributed by atoms with van der Waals surface area (Å²) in [6.45, 7) is 0. The normalized spacial score (nSPS) is 17.2. The van der Waals surface area contributed by atoms with Gasteiger partial charge in [0.05, 0.1) is 17.7 Å². The van der Waals surface area contributed by atoms with Gasteiger partial charge in [-0.2, -0.15) is 0 Å². The number of hydrogen-bond donors (Lipinski definition) is 3. The molecule has 2 rings (SSSR count). The number of benzene rings is 1. The molecule has 19 heavy (non-hydrogen) atoms. The molecule has 1 aliphatic rings. The Morgan fingerprint density at radius 3 is 2.37 bits per heavy atom. The summed E-state index contributed by atoms with van der Waals surface area (Å²) in [5.74, 6) is -1.87. The number of nitrogens with one attached hydrogen (secondary N) is 2. The first-order valence-electron chi connectivity index (χ1n) is 6.20. The minimum absolute atomic E-state index is 0.0161. The maximum atomic E-state index is 12.9. The summed E-state index contributed by atoms with van der Waals surface area (Å²) in [6.07, 6.45) is 3.01. The predicted molar refractivity (Wildman–Crippen MR) is 66.2 cm³/mol. The fraction of sp³-hybridized carbons (Fsp3) is 0.462. The Balaban J connectivity index is 1.86. The van der Waals surface area contributed by atoms with Gasteiger partial charge < -0.3 is 5.11 Å². The van der Waals surface area contributed by atoms with Crippen LogP contribution in [0.2, 0.25) is 0 Å². The first kappa shape index (κ1) is 13.7. The fourth-order valence-corrected chi connectivity index (χ4v) is 2.32. The molecule has 0 aromatic heterocycles. The summed E-state index contributed by atoms with van der Waals surface area (Å²) < 4.78 is 25.8. The number of amides is 1. The van der Waals surface area contributed by atoms with E-state index in [4.69, 9.17) is 0 Å². The highest BCUT2D eigenvalue weighted by Crippen LogP contribution is 2.32. The van der Waals surface area contributed by atoms with Crippen molar-refractivity contribution in [2.45, 2.75) is 37.7 Å². The van der Waals surface area contributed by atoms with Crippen LogP contribution in [0, 0.1) is 11.6 Å². The van der Waals surface area contributed by atoms with Gasteiger partial charge in [0, 0.05) is 6.07 Å². The van der Waals surface area contributed by atoms with Crippen molar-refractivity contribution in [2.24, 2.45) is 0 Å². The van der Waals surface area contributed by atoms with Crippen molar-refractivity contribution in [1.29, 1.82) is 0 Å². The van der Waals surface area contributed by atoms with Crippen molar-refractivity contribution in [3.8, 4) is 0 Å². The van der Waals surface area contributed by atoms with E-state index >= 15 is 0 Å². The van der Waals surface area contributed by atoms with Gasteiger partial charge in [-0.05, 0) is 25.0 Å². The van der Waals surface area contributed by atoms with Gasteiger partial charge in [0.1, 0.15) is 11.6 Å². The molecule has 104 valence electrons. The average Bonchev–Trinajstić information content (AvgIpc) is 2.72. The molecule has 0 aliphatic heterocycles. The van der Waals surface area contributed by atoms with Gasteiger partial charge in [0.15, 0.2) is 0 Å². The first-order chi connectivity index (χ1) is 8.97. The van der Waals surface area contributed by atoms with Gasteiger partial charge in [-0.25, -0.2) is 8.78 Å². The summed E-state index contributed by atoms with van der Waals surface area (Å²) in [6, 6.07) is 2.87. The summed E-state index contributed by atoms with van der Waals surface area (Å²) in [5.41, 5.74) is 3.92. The van der Waals surface area contributed by atoms with Crippen LogP contribution < -0.4 is 10.9 Å². The topological polar surface area (TPSA) is 61.4 Å². The van der Waals surface area contributed by atoms with Gasteiger partial charge in [0.25, 0.3) is 0 Å². The van der Waals surface area contributed by atoms with Crippen molar-refractivity contribution in [2.75, 3.05) is 5.43 Å². The van der Waals surface area contributed by atoms with Crippen LogP contribution in [-0.4, -0.2) is 16.6 Å². The number of carbonyl (C=O) groups is 1. The van der Waals surface area contributed by atoms with E-state index in [1.165, 1.54) is 0 Å². The van der Waals surface area contributed by atoms with E-state index < -0.39 is 23.1 Å². The Bertz CT molecular complexity index is 453. The van der Waals surface area contributed by atoms with E-state index in [9.17, 15) is 18.7 Å². The second kappa shape index (κ2) is 5.52. The van der Waals surface area contributed by atoms with Gasteiger partial charge in [-0.15, -0.1) is 0 Å². The van der Waals surface area contributed by atoms with Crippen LogP contribution in [-0.2, 0) is 4.79 Å². The maximum Gasteiger partial charge on any atom is 0.241 e. The van der Waals surface area contributed by atoms with Crippen molar-refractivity contribution in [1.82, 2.24) is 5.43 Å². The molecule has 0 heterocycles. The van der Waals surface area contributed by atoms with Gasteiger partial charge in [-0.3, -0.25) is 15.6 Å². The Morgan fingerprint density at radius 1 is 1.21 bits per heavy atom. The Labute approximate surface area is 109 Å². The third-order valence-corrected chi connectivity index (χ3v) is 3.23. The second-order valence-electron chi connectivity index (χ2n) is 4.94. The van der Waals surface area contributed by atoms with Crippen LogP contribution in [0.5, 0.6) is 0 Å². The number of carbonyl (C=O) groups excluding carboxylic acids is 1. The molecular formula is C13H16F2N2O2. The Hall–Kier alpha value is -1.69. The molecule has 0 spiro atoms. The van der Waals surface area contributed by atoms with E-state index in [0.29, 0.717) is 12.8 Å². The number of anilines is 1. The Kier molecular flexibility index (Phi) is 3.99. The summed E-state index contributed by atoms with van der Waals surface area (Å²) in [4.78, 5) is 11.6. The zero-order valence-electron chi connectivity index (χ0n) is 10.4. The zero-order valence-corrected chi connectivity index (χ0v) is 10.4. The van der Waals surface area contributed by atoms with E-state index in [1.807, 2.05) is 0 Å². The molecule has 0 unspecified atom stereocenters. The lowest BCUT2D eigenvalue weighted by atomic mass is 9.98. The van der Waals surface area contributed by atoms with Crippen molar-refractivity contribution >= 4 is 11.6 Å². The van der Waals surface area contributed by atoms with E-state index in [2.05, 4.69) is 10.9 Å². The lowest BCUT2D eigenvalue weighted by Gasteiger charge is -2.21. The second-order valence-corrected chi connectivity index (χ2v) is 4.94. The molecular weight excluding hydrogens is 254 g/mol. The van der Waals surface area contributed by atoms with Crippen LogP contribution in [0.25, 0.3) is 0 Å². The van der Waals surface area contributed by atoms with Crippen molar-refractivity contribution < 1.29 is 18.7 Å². The molecule has 4 nitrogen and oxygen atoms in total. The average molecular weight is 270 g/mol. The molecule has 3 N–H and O–H groups in total. The minimum atomic E-state index is -0.945. The van der Waals surface area contributed by atoms with Crippen LogP contribution in [0.15, 0.2) is 18.2 Å². The number of aliphatic hydroxyl groups is 1. The SMILES string of the molecule is O=C(CC1(O)CCCC1)NNc1cc(F)cc(F)c1. The molecule has 6 heteroatoms. The maximum absolute atomic E-state index is 12.9. The smallest absolute Gasteiger partial charge is 0.241 e. The third kappa shape index (κ3) is 3.89. The number of rotatable bonds is 4. The molecule has 0 saturated heterocycles. The molecule has 1 aliphatic carbocycles. The number of hydrazine groups is 1. The van der Waals surface area contributed by atoms with Crippen LogP contribution in [0.4, 0.5) is 14.5 Å². The summed E-state index contributed by atoms with van der Waals surface area (Å²) in [5, 5.41) is 10.0. The van der Waals surface area contributed by atoms with E-state index in [0.717, 1.165) is 31.0 Å². The molecule has 1 saturated carbocycles. The molecule has 0 atom stereocenters. The molecule has 1 aromatic carbocycles.